The first-order valence-electron chi connectivity index (χ1n) is 4.82. The summed E-state index contributed by atoms with van der Waals surface area (Å²) >= 11 is 0. The van der Waals surface area contributed by atoms with Gasteiger partial charge in [-0.1, -0.05) is 6.92 Å². The van der Waals surface area contributed by atoms with Crippen molar-refractivity contribution in [3.8, 4) is 0 Å². The van der Waals surface area contributed by atoms with Gasteiger partial charge in [0.25, 0.3) is 0 Å². The molecular formula is C9H19N2O. The predicted octanol–water partition coefficient (Wildman–Crippen LogP) is 1.04. The van der Waals surface area contributed by atoms with Gasteiger partial charge in [-0.25, -0.2) is 10.1 Å². The summed E-state index contributed by atoms with van der Waals surface area (Å²) in [6.07, 6.45) is 2.02. The fourth-order valence-electron chi connectivity index (χ4n) is 1.67. The van der Waals surface area contributed by atoms with Gasteiger partial charge < -0.3 is 0 Å². The van der Waals surface area contributed by atoms with Crippen molar-refractivity contribution in [1.82, 2.24) is 10.4 Å². The summed E-state index contributed by atoms with van der Waals surface area (Å²) < 4.78 is 0. The molecule has 1 N–H and O–H groups in total. The molecule has 0 bridgehead atoms. The van der Waals surface area contributed by atoms with Gasteiger partial charge in [-0.3, -0.25) is 5.43 Å². The van der Waals surface area contributed by atoms with Crippen molar-refractivity contribution >= 4 is 0 Å². The van der Waals surface area contributed by atoms with E-state index in [0.29, 0.717) is 6.54 Å². The Hall–Kier alpha value is -0.120. The number of hydrogen-bond donors (Lipinski definition) is 1. The van der Waals surface area contributed by atoms with E-state index in [-0.39, 0.29) is 0 Å². The molecule has 1 fully saturated rings. The van der Waals surface area contributed by atoms with Gasteiger partial charge >= 0.3 is 0 Å². The number of hydrogen-bond acceptors (Lipinski definition) is 2. The van der Waals surface area contributed by atoms with Crippen LogP contribution >= 0.6 is 0 Å². The molecule has 0 amide bonds. The summed E-state index contributed by atoms with van der Waals surface area (Å²) in [6.45, 7) is 6.64. The van der Waals surface area contributed by atoms with Crippen LogP contribution in [0.25, 0.3) is 0 Å². The third kappa shape index (κ3) is 3.52. The maximum absolute atomic E-state index is 10.9. The zero-order valence-corrected chi connectivity index (χ0v) is 8.05. The normalized spacial score (nSPS) is 29.8. The molecule has 0 spiro atoms. The van der Waals surface area contributed by atoms with Crippen LogP contribution in [0.3, 0.4) is 0 Å². The second kappa shape index (κ2) is 4.80. The molecule has 3 heteroatoms. The molecule has 1 rings (SSSR count). The Kier molecular flexibility index (Phi) is 3.98. The molecule has 1 radical (unpaired) electrons. The highest BCUT2D eigenvalue weighted by Gasteiger charge is 2.15. The minimum Gasteiger partial charge on any atom is -0.255 e. The van der Waals surface area contributed by atoms with Gasteiger partial charge in [0.05, 0.1) is 0 Å². The fraction of sp³-hybridized carbons (Fsp3) is 1.00. The molecule has 0 aromatic rings. The topological polar surface area (TPSA) is 35.2 Å². The smallest absolute Gasteiger partial charge is 0.104 e. The Bertz CT molecular complexity index is 128. The fourth-order valence-corrected chi connectivity index (χ4v) is 1.67. The van der Waals surface area contributed by atoms with Crippen LogP contribution in [-0.2, 0) is 5.11 Å². The molecule has 1 aliphatic rings. The predicted molar refractivity (Wildman–Crippen MR) is 48.1 cm³/mol. The summed E-state index contributed by atoms with van der Waals surface area (Å²) in [5, 5.41) is 13.0. The molecule has 0 aromatic heterocycles. The van der Waals surface area contributed by atoms with Gasteiger partial charge in [0.2, 0.25) is 0 Å². The van der Waals surface area contributed by atoms with Crippen molar-refractivity contribution in [2.24, 2.45) is 5.92 Å². The summed E-state index contributed by atoms with van der Waals surface area (Å²) in [6, 6.07) is 0. The van der Waals surface area contributed by atoms with Crippen molar-refractivity contribution in [1.29, 1.82) is 0 Å². The monoisotopic (exact) mass is 171 g/mol. The van der Waals surface area contributed by atoms with Crippen LogP contribution < -0.4 is 5.43 Å². The number of nitrogens with zero attached hydrogens (tertiary/aromatic N) is 1. The third-order valence-corrected chi connectivity index (χ3v) is 2.22. The van der Waals surface area contributed by atoms with Gasteiger partial charge in [0, 0.05) is 19.6 Å². The molecule has 1 saturated heterocycles. The summed E-state index contributed by atoms with van der Waals surface area (Å²) in [5.41, 5.74) is 3.28. The van der Waals surface area contributed by atoms with Crippen LogP contribution in [0.1, 0.15) is 26.7 Å². The average molecular weight is 171 g/mol. The molecule has 3 nitrogen and oxygen atoms in total. The maximum atomic E-state index is 10.9. The van der Waals surface area contributed by atoms with Crippen molar-refractivity contribution in [3.05, 3.63) is 0 Å². The van der Waals surface area contributed by atoms with Crippen LogP contribution in [0.5, 0.6) is 0 Å². The van der Waals surface area contributed by atoms with E-state index in [1.807, 2.05) is 0 Å². The molecule has 12 heavy (non-hydrogen) atoms. The third-order valence-electron chi connectivity index (χ3n) is 2.22. The standard InChI is InChI=1S/C9H19N2O/c1-8-4-3-5-10-11(6-8)7-9(2)12/h8-10H,3-7H2,1-2H3. The van der Waals surface area contributed by atoms with Crippen LogP contribution in [0.2, 0.25) is 0 Å². The second-order valence-corrected chi connectivity index (χ2v) is 3.87. The first-order valence-corrected chi connectivity index (χ1v) is 4.82. The number of rotatable bonds is 2. The Morgan fingerprint density at radius 3 is 3.08 bits per heavy atom. The summed E-state index contributed by atoms with van der Waals surface area (Å²) in [4.78, 5) is 0. The first kappa shape index (κ1) is 9.96. The van der Waals surface area contributed by atoms with Crippen LogP contribution in [-0.4, -0.2) is 30.7 Å². The summed E-state index contributed by atoms with van der Waals surface area (Å²) in [5.74, 6) is 0.721. The molecule has 0 aliphatic carbocycles. The Morgan fingerprint density at radius 2 is 2.42 bits per heavy atom. The molecule has 0 saturated carbocycles. The number of nitrogens with one attached hydrogen (secondary N) is 1. The van der Waals surface area contributed by atoms with E-state index in [4.69, 9.17) is 0 Å². The van der Waals surface area contributed by atoms with Crippen molar-refractivity contribution < 1.29 is 5.11 Å². The lowest BCUT2D eigenvalue weighted by Crippen LogP contribution is -2.42. The van der Waals surface area contributed by atoms with Crippen LogP contribution in [0.15, 0.2) is 0 Å². The van der Waals surface area contributed by atoms with Gasteiger partial charge in [-0.15, -0.1) is 0 Å². The molecule has 0 aromatic carbocycles. The Morgan fingerprint density at radius 1 is 1.67 bits per heavy atom. The zero-order chi connectivity index (χ0) is 8.97. The average Bonchev–Trinajstić information content (AvgIpc) is 2.12. The van der Waals surface area contributed by atoms with E-state index in [2.05, 4.69) is 17.4 Å². The maximum Gasteiger partial charge on any atom is 0.104 e. The van der Waals surface area contributed by atoms with E-state index in [1.54, 1.807) is 6.92 Å². The van der Waals surface area contributed by atoms with Crippen LogP contribution in [0, 0.1) is 5.92 Å². The van der Waals surface area contributed by atoms with Gasteiger partial charge in [-0.2, -0.15) is 0 Å². The van der Waals surface area contributed by atoms with Gasteiger partial charge in [0.1, 0.15) is 6.10 Å². The Labute approximate surface area is 74.7 Å². The minimum absolute atomic E-state index is 0.484. The van der Waals surface area contributed by atoms with E-state index < -0.39 is 6.10 Å². The van der Waals surface area contributed by atoms with Gasteiger partial charge in [0.15, 0.2) is 0 Å². The van der Waals surface area contributed by atoms with E-state index in [0.717, 1.165) is 19.0 Å². The second-order valence-electron chi connectivity index (χ2n) is 3.87. The number of hydrazine groups is 1. The quantitative estimate of drug-likeness (QED) is 0.674. The van der Waals surface area contributed by atoms with Crippen molar-refractivity contribution in [2.45, 2.75) is 32.8 Å². The highest BCUT2D eigenvalue weighted by molar-refractivity contribution is 4.66. The van der Waals surface area contributed by atoms with Crippen LogP contribution in [0.4, 0.5) is 0 Å². The first-order chi connectivity index (χ1) is 5.68. The van der Waals surface area contributed by atoms with Gasteiger partial charge in [-0.05, 0) is 25.7 Å². The molecular weight excluding hydrogens is 152 g/mol. The minimum atomic E-state index is -0.484. The highest BCUT2D eigenvalue weighted by atomic mass is 16.3. The molecule has 1 aliphatic heterocycles. The molecule has 1 heterocycles. The largest absolute Gasteiger partial charge is 0.255 e. The lowest BCUT2D eigenvalue weighted by Gasteiger charge is -2.23. The molecule has 71 valence electrons. The molecule has 2 atom stereocenters. The Balaban J connectivity index is 2.31. The SMILES string of the molecule is CC([O])CN1CC(C)CCCN1. The zero-order valence-electron chi connectivity index (χ0n) is 8.05. The highest BCUT2D eigenvalue weighted by Crippen LogP contribution is 2.10. The molecule has 2 unspecified atom stereocenters. The lowest BCUT2D eigenvalue weighted by atomic mass is 10.1. The lowest BCUT2D eigenvalue weighted by molar-refractivity contribution is 0.0428. The van der Waals surface area contributed by atoms with E-state index in [1.165, 1.54) is 12.8 Å². The van der Waals surface area contributed by atoms with E-state index in [9.17, 15) is 5.11 Å². The van der Waals surface area contributed by atoms with E-state index >= 15 is 0 Å². The van der Waals surface area contributed by atoms with Crippen molar-refractivity contribution in [3.63, 3.8) is 0 Å². The summed E-state index contributed by atoms with van der Waals surface area (Å²) in [7, 11) is 0. The van der Waals surface area contributed by atoms with Crippen molar-refractivity contribution in [2.75, 3.05) is 19.6 Å².